The normalized spacial score (nSPS) is 21.5. The molecule has 3 fully saturated rings. The summed E-state index contributed by atoms with van der Waals surface area (Å²) in [6.45, 7) is 7.24. The van der Waals surface area contributed by atoms with Crippen LogP contribution in [0.3, 0.4) is 0 Å². The van der Waals surface area contributed by atoms with E-state index in [4.69, 9.17) is 4.74 Å². The Morgan fingerprint density at radius 3 is 2.12 bits per heavy atom. The third-order valence-corrected chi connectivity index (χ3v) is 10.2. The van der Waals surface area contributed by atoms with E-state index in [-0.39, 0.29) is 54.5 Å². The first-order valence-electron chi connectivity index (χ1n) is 16.5. The molecule has 6 rings (SSSR count). The maximum atomic E-state index is 14.1. The Kier molecular flexibility index (Phi) is 9.31. The van der Waals surface area contributed by atoms with Gasteiger partial charge in [0, 0.05) is 50.8 Å². The van der Waals surface area contributed by atoms with Gasteiger partial charge >= 0.3 is 0 Å². The summed E-state index contributed by atoms with van der Waals surface area (Å²) >= 11 is 0. The quantitative estimate of drug-likeness (QED) is 0.322. The number of carbonyl (C=O) groups excluding carboxylic acids is 4. The van der Waals surface area contributed by atoms with Gasteiger partial charge in [0.15, 0.2) is 0 Å². The van der Waals surface area contributed by atoms with Gasteiger partial charge in [0.1, 0.15) is 17.7 Å². The SMILES string of the molecule is CNC(=O)[C@@H](NC(=O)[C@@H]1CN(C(=O)c2cnn(Cc3ccc(F)cc3)c2)CC12CN(C(=O)[C@H]1CC1(C)C)C2)[C@@H](C)OCc1ccc(F)cc1. The second-order valence-electron chi connectivity index (χ2n) is 14.3. The lowest BCUT2D eigenvalue weighted by atomic mass is 9.70. The van der Waals surface area contributed by atoms with Gasteiger partial charge < -0.3 is 25.2 Å². The van der Waals surface area contributed by atoms with Crippen LogP contribution >= 0.6 is 0 Å². The van der Waals surface area contributed by atoms with Crippen LogP contribution in [0.15, 0.2) is 60.9 Å². The topological polar surface area (TPSA) is 126 Å². The molecule has 2 saturated heterocycles. The number of likely N-dealkylation sites (N-methyl/N-ethyl adjacent to an activating group) is 1. The second kappa shape index (κ2) is 13.3. The van der Waals surface area contributed by atoms with Crippen molar-refractivity contribution in [1.82, 2.24) is 30.2 Å². The highest BCUT2D eigenvalue weighted by Gasteiger charge is 2.62. The molecular formula is C36H42F2N6O5. The van der Waals surface area contributed by atoms with Gasteiger partial charge in [0.25, 0.3) is 5.91 Å². The van der Waals surface area contributed by atoms with Crippen LogP contribution in [-0.2, 0) is 32.3 Å². The van der Waals surface area contributed by atoms with Gasteiger partial charge in [-0.2, -0.15) is 5.10 Å². The number of rotatable bonds is 11. The van der Waals surface area contributed by atoms with E-state index in [9.17, 15) is 28.0 Å². The molecule has 4 atom stereocenters. The van der Waals surface area contributed by atoms with Crippen LogP contribution in [0.2, 0.25) is 0 Å². The molecule has 1 aromatic heterocycles. The summed E-state index contributed by atoms with van der Waals surface area (Å²) in [4.78, 5) is 57.5. The molecule has 3 aromatic rings. The Labute approximate surface area is 284 Å². The molecule has 3 aliphatic rings. The average Bonchev–Trinajstić information content (AvgIpc) is 3.37. The summed E-state index contributed by atoms with van der Waals surface area (Å²) in [7, 11) is 1.47. The van der Waals surface area contributed by atoms with Gasteiger partial charge in [-0.25, -0.2) is 8.78 Å². The number of aromatic nitrogens is 2. The summed E-state index contributed by atoms with van der Waals surface area (Å²) in [6, 6.07) is 10.8. The molecule has 1 spiro atoms. The first-order chi connectivity index (χ1) is 23.3. The van der Waals surface area contributed by atoms with Gasteiger partial charge in [-0.15, -0.1) is 0 Å². The van der Waals surface area contributed by atoms with E-state index in [0.29, 0.717) is 30.8 Å². The van der Waals surface area contributed by atoms with E-state index in [1.165, 1.54) is 37.5 Å². The molecule has 260 valence electrons. The fraction of sp³-hybridized carbons (Fsp3) is 0.472. The minimum atomic E-state index is -1.05. The number of hydrogen-bond donors (Lipinski definition) is 2. The van der Waals surface area contributed by atoms with E-state index in [2.05, 4.69) is 29.6 Å². The molecule has 2 aliphatic heterocycles. The molecule has 2 aromatic carbocycles. The van der Waals surface area contributed by atoms with Crippen molar-refractivity contribution in [2.24, 2.45) is 22.7 Å². The molecule has 0 radical (unpaired) electrons. The Hall–Kier alpha value is -4.65. The molecule has 3 heterocycles. The van der Waals surface area contributed by atoms with Crippen molar-refractivity contribution in [1.29, 1.82) is 0 Å². The average molecular weight is 677 g/mol. The molecule has 49 heavy (non-hydrogen) atoms. The molecule has 4 amide bonds. The Bertz CT molecular complexity index is 1720. The largest absolute Gasteiger partial charge is 0.371 e. The molecular weight excluding hydrogens is 634 g/mol. The van der Waals surface area contributed by atoms with E-state index >= 15 is 0 Å². The number of hydrogen-bond acceptors (Lipinski definition) is 6. The standard InChI is InChI=1S/C36H42F2N6O5/c1-22(49-18-24-7-11-27(38)12-8-24)30(32(46)39-4)41-31(45)29-17-42(19-36(29)20-43(21-36)34(48)28-13-35(28,2)3)33(47)25-14-40-44(16-25)15-23-5-9-26(37)10-6-23/h5-12,14,16,22,28-30H,13,15,17-21H2,1-4H3,(H,39,46)(H,41,45)/t22-,28-,29+,30+/m1/s1. The fourth-order valence-electron chi connectivity index (χ4n) is 7.01. The number of halogens is 2. The van der Waals surface area contributed by atoms with Crippen LogP contribution in [0.1, 0.15) is 48.7 Å². The number of benzene rings is 2. The van der Waals surface area contributed by atoms with Gasteiger partial charge in [-0.3, -0.25) is 23.9 Å². The van der Waals surface area contributed by atoms with E-state index < -0.39 is 35.3 Å². The molecule has 0 unspecified atom stereocenters. The number of amides is 4. The van der Waals surface area contributed by atoms with Crippen molar-refractivity contribution in [3.8, 4) is 0 Å². The van der Waals surface area contributed by atoms with Crippen molar-refractivity contribution in [3.63, 3.8) is 0 Å². The van der Waals surface area contributed by atoms with Crippen LogP contribution < -0.4 is 10.6 Å². The first-order valence-corrected chi connectivity index (χ1v) is 16.5. The number of nitrogens with one attached hydrogen (secondary N) is 2. The maximum Gasteiger partial charge on any atom is 0.257 e. The van der Waals surface area contributed by atoms with Crippen LogP contribution in [-0.4, -0.2) is 88.6 Å². The summed E-state index contributed by atoms with van der Waals surface area (Å²) in [5.74, 6) is -2.56. The highest BCUT2D eigenvalue weighted by atomic mass is 19.1. The van der Waals surface area contributed by atoms with Crippen LogP contribution in [0.5, 0.6) is 0 Å². The third-order valence-electron chi connectivity index (χ3n) is 10.2. The summed E-state index contributed by atoms with van der Waals surface area (Å²) in [5.41, 5.74) is 1.13. The number of ether oxygens (including phenoxy) is 1. The summed E-state index contributed by atoms with van der Waals surface area (Å²) < 4.78 is 34.2. The molecule has 0 bridgehead atoms. The van der Waals surface area contributed by atoms with Crippen molar-refractivity contribution < 1.29 is 32.7 Å². The number of carbonyl (C=O) groups is 4. The van der Waals surface area contributed by atoms with Crippen molar-refractivity contribution >= 4 is 23.6 Å². The summed E-state index contributed by atoms with van der Waals surface area (Å²) in [5, 5.41) is 9.80. The lowest BCUT2D eigenvalue weighted by Gasteiger charge is -2.50. The molecule has 1 aliphatic carbocycles. The molecule has 2 N–H and O–H groups in total. The Balaban J connectivity index is 1.17. The zero-order chi connectivity index (χ0) is 35.1. The minimum Gasteiger partial charge on any atom is -0.371 e. The molecule has 1 saturated carbocycles. The van der Waals surface area contributed by atoms with E-state index in [1.54, 1.807) is 51.9 Å². The Morgan fingerprint density at radius 1 is 0.939 bits per heavy atom. The lowest BCUT2D eigenvalue weighted by Crippen LogP contribution is -2.65. The Morgan fingerprint density at radius 2 is 1.53 bits per heavy atom. The fourth-order valence-corrected chi connectivity index (χ4v) is 7.01. The van der Waals surface area contributed by atoms with Crippen LogP contribution in [0.4, 0.5) is 8.78 Å². The van der Waals surface area contributed by atoms with Crippen molar-refractivity contribution in [2.75, 3.05) is 33.2 Å². The van der Waals surface area contributed by atoms with Gasteiger partial charge in [0.05, 0.1) is 36.9 Å². The van der Waals surface area contributed by atoms with Crippen molar-refractivity contribution in [3.05, 3.63) is 89.2 Å². The number of nitrogens with zero attached hydrogens (tertiary/aromatic N) is 4. The van der Waals surface area contributed by atoms with Crippen molar-refractivity contribution in [2.45, 2.75) is 52.5 Å². The molecule has 13 heteroatoms. The summed E-state index contributed by atoms with van der Waals surface area (Å²) in [6.07, 6.45) is 3.17. The zero-order valence-corrected chi connectivity index (χ0v) is 28.1. The highest BCUT2D eigenvalue weighted by molar-refractivity contribution is 5.95. The maximum absolute atomic E-state index is 14.1. The second-order valence-corrected chi connectivity index (χ2v) is 14.3. The van der Waals surface area contributed by atoms with E-state index in [1.807, 2.05) is 0 Å². The van der Waals surface area contributed by atoms with E-state index in [0.717, 1.165) is 12.0 Å². The number of likely N-dealkylation sites (tertiary alicyclic amines) is 2. The monoisotopic (exact) mass is 676 g/mol. The van der Waals surface area contributed by atoms with Crippen LogP contribution in [0, 0.1) is 34.3 Å². The zero-order valence-electron chi connectivity index (χ0n) is 28.1. The first kappa shape index (κ1) is 34.2. The van der Waals surface area contributed by atoms with Gasteiger partial charge in [0.2, 0.25) is 17.7 Å². The predicted molar refractivity (Wildman–Crippen MR) is 175 cm³/mol. The lowest BCUT2D eigenvalue weighted by molar-refractivity contribution is -0.152. The molecule has 11 nitrogen and oxygen atoms in total. The van der Waals surface area contributed by atoms with Gasteiger partial charge in [-0.05, 0) is 54.2 Å². The predicted octanol–water partition coefficient (Wildman–Crippen LogP) is 2.99. The highest BCUT2D eigenvalue weighted by Crippen LogP contribution is 2.54. The third kappa shape index (κ3) is 7.22. The van der Waals surface area contributed by atoms with Gasteiger partial charge in [-0.1, -0.05) is 38.1 Å². The minimum absolute atomic E-state index is 0.0485. The van der Waals surface area contributed by atoms with Crippen LogP contribution in [0.25, 0.3) is 0 Å². The smallest absolute Gasteiger partial charge is 0.257 e.